The lowest BCUT2D eigenvalue weighted by Gasteiger charge is -2.48. The minimum Gasteiger partial charge on any atom is -0.387 e. The van der Waals surface area contributed by atoms with Gasteiger partial charge in [-0.1, -0.05) is 13.0 Å². The molecule has 2 nitrogen and oxygen atoms in total. The fourth-order valence-corrected chi connectivity index (χ4v) is 3.43. The molecule has 0 aliphatic heterocycles. The minimum atomic E-state index is -0.358. The van der Waals surface area contributed by atoms with E-state index in [1.165, 1.54) is 0 Å². The van der Waals surface area contributed by atoms with Crippen LogP contribution in [0.3, 0.4) is 0 Å². The molecule has 1 heterocycles. The van der Waals surface area contributed by atoms with E-state index in [9.17, 15) is 5.11 Å². The Hall–Kier alpha value is -0.380. The topological polar surface area (TPSA) is 46.2 Å². The fourth-order valence-electron chi connectivity index (χ4n) is 2.58. The Bertz CT molecular complexity index is 290. The van der Waals surface area contributed by atoms with Gasteiger partial charge < -0.3 is 10.8 Å². The van der Waals surface area contributed by atoms with E-state index in [0.717, 1.165) is 17.7 Å². The molecular formula is C11H17NOS. The van der Waals surface area contributed by atoms with E-state index in [2.05, 4.69) is 6.92 Å². The highest BCUT2D eigenvalue weighted by molar-refractivity contribution is 7.10. The molecule has 0 saturated heterocycles. The summed E-state index contributed by atoms with van der Waals surface area (Å²) in [6.07, 6.45) is 1.76. The normalized spacial score (nSPS) is 33.8. The molecule has 0 spiro atoms. The van der Waals surface area contributed by atoms with Gasteiger partial charge in [0.1, 0.15) is 0 Å². The summed E-state index contributed by atoms with van der Waals surface area (Å²) in [6.45, 7) is 2.81. The van der Waals surface area contributed by atoms with Crippen molar-refractivity contribution in [2.24, 2.45) is 17.1 Å². The molecule has 0 bridgehead atoms. The largest absolute Gasteiger partial charge is 0.387 e. The summed E-state index contributed by atoms with van der Waals surface area (Å²) in [7, 11) is 0. The Morgan fingerprint density at radius 2 is 2.43 bits per heavy atom. The van der Waals surface area contributed by atoms with E-state index < -0.39 is 0 Å². The summed E-state index contributed by atoms with van der Waals surface area (Å²) in [5.41, 5.74) is 5.75. The Balaban J connectivity index is 2.14. The van der Waals surface area contributed by atoms with Crippen LogP contribution in [0, 0.1) is 11.3 Å². The van der Waals surface area contributed by atoms with Crippen LogP contribution in [0.5, 0.6) is 0 Å². The zero-order chi connectivity index (χ0) is 10.2. The molecule has 0 radical (unpaired) electrons. The van der Waals surface area contributed by atoms with E-state index in [1.54, 1.807) is 11.3 Å². The minimum absolute atomic E-state index is 0.0374. The van der Waals surface area contributed by atoms with Crippen molar-refractivity contribution >= 4 is 11.3 Å². The summed E-state index contributed by atoms with van der Waals surface area (Å²) < 4.78 is 0. The maximum absolute atomic E-state index is 10.2. The second-order valence-corrected chi connectivity index (χ2v) is 5.48. The van der Waals surface area contributed by atoms with Crippen molar-refractivity contribution in [3.63, 3.8) is 0 Å². The maximum atomic E-state index is 10.2. The van der Waals surface area contributed by atoms with Gasteiger partial charge >= 0.3 is 0 Å². The summed E-state index contributed by atoms with van der Waals surface area (Å²) in [4.78, 5) is 1.06. The fraction of sp³-hybridized carbons (Fsp3) is 0.636. The first kappa shape index (κ1) is 10.1. The van der Waals surface area contributed by atoms with Crippen molar-refractivity contribution in [1.29, 1.82) is 0 Å². The van der Waals surface area contributed by atoms with Crippen LogP contribution in [0.15, 0.2) is 17.5 Å². The predicted octanol–water partition coefficient (Wildman–Crippen LogP) is 2.16. The lowest BCUT2D eigenvalue weighted by atomic mass is 9.59. The van der Waals surface area contributed by atoms with Gasteiger partial charge in [-0.05, 0) is 30.2 Å². The summed E-state index contributed by atoms with van der Waals surface area (Å²) >= 11 is 1.62. The highest BCUT2D eigenvalue weighted by Crippen LogP contribution is 2.53. The summed E-state index contributed by atoms with van der Waals surface area (Å²) in [5.74, 6) is 0.716. The number of thiophene rings is 1. The van der Waals surface area contributed by atoms with E-state index in [1.807, 2.05) is 17.5 Å². The molecule has 1 aromatic rings. The van der Waals surface area contributed by atoms with Crippen LogP contribution in [-0.4, -0.2) is 11.7 Å². The molecule has 0 amide bonds. The second-order valence-electron chi connectivity index (χ2n) is 4.50. The van der Waals surface area contributed by atoms with Gasteiger partial charge in [-0.25, -0.2) is 0 Å². The molecule has 0 aromatic carbocycles. The van der Waals surface area contributed by atoms with Gasteiger partial charge in [0, 0.05) is 16.8 Å². The van der Waals surface area contributed by atoms with Crippen molar-refractivity contribution in [3.8, 4) is 0 Å². The van der Waals surface area contributed by atoms with Crippen LogP contribution < -0.4 is 5.73 Å². The summed E-state index contributed by atoms with van der Waals surface area (Å²) in [5, 5.41) is 12.2. The van der Waals surface area contributed by atoms with Crippen molar-refractivity contribution in [1.82, 2.24) is 0 Å². The Morgan fingerprint density at radius 3 is 2.86 bits per heavy atom. The molecular weight excluding hydrogens is 194 g/mol. The van der Waals surface area contributed by atoms with Gasteiger partial charge in [-0.2, -0.15) is 0 Å². The van der Waals surface area contributed by atoms with Crippen molar-refractivity contribution in [2.75, 3.05) is 6.54 Å². The van der Waals surface area contributed by atoms with E-state index in [4.69, 9.17) is 5.73 Å². The first-order valence-corrected chi connectivity index (χ1v) is 5.97. The van der Waals surface area contributed by atoms with Gasteiger partial charge in [0.15, 0.2) is 0 Å². The number of hydrogen-bond donors (Lipinski definition) is 2. The first-order chi connectivity index (χ1) is 6.68. The number of hydrogen-bond acceptors (Lipinski definition) is 3. The SMILES string of the molecule is CC1CC(CN)(C(O)c2cccs2)C1. The van der Waals surface area contributed by atoms with Crippen molar-refractivity contribution < 1.29 is 5.11 Å². The quantitative estimate of drug-likeness (QED) is 0.804. The zero-order valence-electron chi connectivity index (χ0n) is 8.44. The maximum Gasteiger partial charge on any atom is 0.0950 e. The zero-order valence-corrected chi connectivity index (χ0v) is 9.26. The molecule has 3 N–H and O–H groups in total. The molecule has 1 fully saturated rings. The highest BCUT2D eigenvalue weighted by Gasteiger charge is 2.47. The van der Waals surface area contributed by atoms with Crippen LogP contribution >= 0.6 is 11.3 Å². The van der Waals surface area contributed by atoms with Crippen LogP contribution in [0.25, 0.3) is 0 Å². The van der Waals surface area contributed by atoms with Crippen LogP contribution in [0.1, 0.15) is 30.7 Å². The third-order valence-corrected chi connectivity index (χ3v) is 4.23. The molecule has 1 aromatic heterocycles. The summed E-state index contributed by atoms with van der Waals surface area (Å²) in [6, 6.07) is 3.98. The molecule has 2 rings (SSSR count). The lowest BCUT2D eigenvalue weighted by molar-refractivity contribution is -0.0583. The van der Waals surface area contributed by atoms with Crippen molar-refractivity contribution in [3.05, 3.63) is 22.4 Å². The number of aliphatic hydroxyl groups is 1. The molecule has 1 saturated carbocycles. The Kier molecular flexibility index (Phi) is 2.64. The molecule has 1 aliphatic carbocycles. The number of nitrogens with two attached hydrogens (primary N) is 1. The standard InChI is InChI=1S/C11H17NOS/c1-8-5-11(6-8,7-12)10(13)9-3-2-4-14-9/h2-4,8,10,13H,5-7,12H2,1H3. The highest BCUT2D eigenvalue weighted by atomic mass is 32.1. The molecule has 78 valence electrons. The molecule has 14 heavy (non-hydrogen) atoms. The first-order valence-electron chi connectivity index (χ1n) is 5.09. The molecule has 1 aliphatic rings. The average Bonchev–Trinajstić information content (AvgIpc) is 2.64. The molecule has 1 atom stereocenters. The van der Waals surface area contributed by atoms with Crippen LogP contribution in [-0.2, 0) is 0 Å². The molecule has 1 unspecified atom stereocenters. The third-order valence-electron chi connectivity index (χ3n) is 3.31. The van der Waals surface area contributed by atoms with Gasteiger partial charge in [-0.3, -0.25) is 0 Å². The third kappa shape index (κ3) is 1.49. The monoisotopic (exact) mass is 211 g/mol. The number of rotatable bonds is 3. The van der Waals surface area contributed by atoms with E-state index in [-0.39, 0.29) is 11.5 Å². The second kappa shape index (κ2) is 3.65. The Labute approximate surface area is 88.8 Å². The van der Waals surface area contributed by atoms with Crippen molar-refractivity contribution in [2.45, 2.75) is 25.9 Å². The molecule has 3 heteroatoms. The van der Waals surface area contributed by atoms with Crippen LogP contribution in [0.4, 0.5) is 0 Å². The average molecular weight is 211 g/mol. The van der Waals surface area contributed by atoms with Gasteiger partial charge in [0.2, 0.25) is 0 Å². The van der Waals surface area contributed by atoms with Gasteiger partial charge in [0.05, 0.1) is 6.10 Å². The Morgan fingerprint density at radius 1 is 1.71 bits per heavy atom. The predicted molar refractivity (Wildman–Crippen MR) is 59.2 cm³/mol. The smallest absolute Gasteiger partial charge is 0.0950 e. The lowest BCUT2D eigenvalue weighted by Crippen LogP contribution is -2.46. The van der Waals surface area contributed by atoms with Crippen LogP contribution in [0.2, 0.25) is 0 Å². The number of aliphatic hydroxyl groups excluding tert-OH is 1. The van der Waals surface area contributed by atoms with Gasteiger partial charge in [-0.15, -0.1) is 11.3 Å². The van der Waals surface area contributed by atoms with E-state index >= 15 is 0 Å². The van der Waals surface area contributed by atoms with Gasteiger partial charge in [0.25, 0.3) is 0 Å². The van der Waals surface area contributed by atoms with E-state index in [0.29, 0.717) is 12.5 Å².